The van der Waals surface area contributed by atoms with Gasteiger partial charge in [0.05, 0.1) is 17.5 Å². The normalized spacial score (nSPS) is 29.3. The Morgan fingerprint density at radius 1 is 0.816 bits per heavy atom. The molecule has 3 aromatic rings. The molecule has 3 aromatic carbocycles. The Morgan fingerprint density at radius 3 is 2.04 bits per heavy atom. The van der Waals surface area contributed by atoms with Gasteiger partial charge in [0, 0.05) is 11.5 Å². The van der Waals surface area contributed by atoms with Gasteiger partial charge >= 0.3 is 0 Å². The van der Waals surface area contributed by atoms with Crippen LogP contribution >= 0.6 is 23.2 Å². The summed E-state index contributed by atoms with van der Waals surface area (Å²) in [5.41, 5.74) is -0.0867. The first-order chi connectivity index (χ1) is 23.1. The molecule has 3 fully saturated rings. The molecule has 0 spiro atoms. The predicted octanol–water partition coefficient (Wildman–Crippen LogP) is 6.73. The number of allylic oxidation sites excluding steroid dienone is 2. The van der Waals surface area contributed by atoms with Crippen molar-refractivity contribution in [3.05, 3.63) is 99.9 Å². The molecule has 7 nitrogen and oxygen atoms in total. The summed E-state index contributed by atoms with van der Waals surface area (Å²) < 4.78 is 73.2. The van der Waals surface area contributed by atoms with Crippen LogP contribution in [-0.4, -0.2) is 38.5 Å². The minimum absolute atomic E-state index is 0.0144. The number of fused-ring (bicyclic) bond motifs is 4. The lowest BCUT2D eigenvalue weighted by Gasteiger charge is -2.50. The topological polar surface area (TPSA) is 95.0 Å². The SMILES string of the molecule is CCc1ccc(N2C(=O)[C@H]3[C@H](CC=C4[C@H]3C[C@@]3(Cl)C(=O)N(c5c(F)c(F)c(F)c(F)c5F)C(=O)[C@@]3(Cl)[C@H]4c3cccc(C)c3O)C2=O)cc1. The van der Waals surface area contributed by atoms with Crippen molar-refractivity contribution in [1.29, 1.82) is 0 Å². The van der Waals surface area contributed by atoms with Crippen LogP contribution in [0, 0.1) is 53.8 Å². The van der Waals surface area contributed by atoms with Gasteiger partial charge in [0.1, 0.15) is 11.4 Å². The van der Waals surface area contributed by atoms with Gasteiger partial charge in [-0.25, -0.2) is 26.9 Å². The van der Waals surface area contributed by atoms with E-state index in [1.54, 1.807) is 30.3 Å². The highest BCUT2D eigenvalue weighted by atomic mass is 35.5. The Balaban J connectivity index is 1.43. The van der Waals surface area contributed by atoms with E-state index in [1.165, 1.54) is 25.1 Å². The molecule has 2 aliphatic heterocycles. The van der Waals surface area contributed by atoms with Gasteiger partial charge in [-0.15, -0.1) is 23.2 Å². The zero-order valence-corrected chi connectivity index (χ0v) is 27.2. The molecule has 14 heteroatoms. The van der Waals surface area contributed by atoms with Gasteiger partial charge < -0.3 is 5.11 Å². The number of amides is 4. The number of phenolic OH excluding ortho intramolecular Hbond substituents is 1. The molecule has 0 aromatic heterocycles. The Hall–Kier alpha value is -4.29. The number of carbonyl (C=O) groups is 4. The van der Waals surface area contributed by atoms with E-state index in [-0.39, 0.29) is 28.2 Å². The first kappa shape index (κ1) is 33.2. The zero-order valence-electron chi connectivity index (χ0n) is 25.7. The number of hydrogen-bond donors (Lipinski definition) is 1. The lowest BCUT2D eigenvalue weighted by molar-refractivity contribution is -0.125. The minimum Gasteiger partial charge on any atom is -0.507 e. The lowest BCUT2D eigenvalue weighted by Crippen LogP contribution is -2.60. The average molecular weight is 719 g/mol. The number of aryl methyl sites for hydroxylation is 2. The standard InChI is InChI=1S/C35H25Cl2F5N2O5/c1-3-15-7-9-16(10-8-15)43-30(46)18-12-11-17-20(21(18)31(43)47)13-34(36)32(48)44(28-26(41)24(39)23(38)25(40)27(28)42)33(49)35(34,37)22(17)19-6-4-5-14(2)29(19)45/h4-11,18,20-22,45H,3,12-13H2,1-2H3/t18-,20+,21-,22+,34+,35-/m0/s1. The summed E-state index contributed by atoms with van der Waals surface area (Å²) in [5.74, 6) is -21.7. The van der Waals surface area contributed by atoms with Crippen LogP contribution in [0.1, 0.15) is 42.4 Å². The quantitative estimate of drug-likeness (QED) is 0.0807. The van der Waals surface area contributed by atoms with Gasteiger partial charge in [-0.1, -0.05) is 48.9 Å². The molecule has 2 aliphatic carbocycles. The molecule has 0 radical (unpaired) electrons. The van der Waals surface area contributed by atoms with Crippen LogP contribution in [0.4, 0.5) is 33.3 Å². The Bertz CT molecular complexity index is 2030. The van der Waals surface area contributed by atoms with E-state index in [0.717, 1.165) is 10.5 Å². The number of halogens is 7. The molecule has 254 valence electrons. The summed E-state index contributed by atoms with van der Waals surface area (Å²) in [5, 5.41) is 11.3. The zero-order chi connectivity index (χ0) is 35.5. The number of nitrogens with zero attached hydrogens (tertiary/aromatic N) is 2. The summed E-state index contributed by atoms with van der Waals surface area (Å²) in [6.07, 6.45) is 1.64. The molecule has 7 rings (SSSR count). The van der Waals surface area contributed by atoms with Crippen LogP contribution in [0.3, 0.4) is 0 Å². The fourth-order valence-corrected chi connectivity index (χ4v) is 8.89. The number of anilines is 2. The van der Waals surface area contributed by atoms with E-state index >= 15 is 8.78 Å². The van der Waals surface area contributed by atoms with E-state index in [0.29, 0.717) is 17.7 Å². The highest BCUT2D eigenvalue weighted by Gasteiger charge is 2.77. The summed E-state index contributed by atoms with van der Waals surface area (Å²) in [6, 6.07) is 11.2. The van der Waals surface area contributed by atoms with Crippen LogP contribution in [0.15, 0.2) is 54.1 Å². The predicted molar refractivity (Wildman–Crippen MR) is 168 cm³/mol. The maximum Gasteiger partial charge on any atom is 0.258 e. The second-order valence-corrected chi connectivity index (χ2v) is 14.0. The first-order valence-electron chi connectivity index (χ1n) is 15.3. The number of para-hydroxylation sites is 1. The number of benzene rings is 3. The van der Waals surface area contributed by atoms with Gasteiger partial charge in [0.25, 0.3) is 11.8 Å². The summed E-state index contributed by atoms with van der Waals surface area (Å²) in [4.78, 5) is 52.0. The molecule has 0 bridgehead atoms. The largest absolute Gasteiger partial charge is 0.507 e. The first-order valence-corrected chi connectivity index (χ1v) is 16.1. The Kier molecular flexibility index (Phi) is 7.53. The maximum atomic E-state index is 15.2. The van der Waals surface area contributed by atoms with E-state index in [9.17, 15) is 37.5 Å². The molecule has 4 amide bonds. The molecule has 6 atom stereocenters. The monoisotopic (exact) mass is 718 g/mol. The van der Waals surface area contributed by atoms with Gasteiger partial charge in [-0.05, 0) is 55.4 Å². The minimum atomic E-state index is -2.71. The summed E-state index contributed by atoms with van der Waals surface area (Å²) in [7, 11) is 0. The molecule has 2 heterocycles. The fourth-order valence-electron chi connectivity index (χ4n) is 7.96. The molecule has 1 saturated carbocycles. The van der Waals surface area contributed by atoms with Crippen molar-refractivity contribution in [1.82, 2.24) is 0 Å². The molecule has 49 heavy (non-hydrogen) atoms. The van der Waals surface area contributed by atoms with E-state index < -0.39 is 98.2 Å². The van der Waals surface area contributed by atoms with E-state index in [4.69, 9.17) is 23.2 Å². The maximum absolute atomic E-state index is 15.2. The average Bonchev–Trinajstić information content (AvgIpc) is 3.42. The summed E-state index contributed by atoms with van der Waals surface area (Å²) >= 11 is 14.2. The third-order valence-electron chi connectivity index (χ3n) is 10.4. The second kappa shape index (κ2) is 11.1. The third-order valence-corrected chi connectivity index (χ3v) is 11.8. The van der Waals surface area contributed by atoms with Crippen LogP contribution in [-0.2, 0) is 25.6 Å². The number of hydrogen-bond acceptors (Lipinski definition) is 5. The van der Waals surface area contributed by atoms with Crippen molar-refractivity contribution in [3.8, 4) is 5.75 Å². The number of phenols is 1. The second-order valence-electron chi connectivity index (χ2n) is 12.7. The molecule has 2 saturated heterocycles. The van der Waals surface area contributed by atoms with Crippen molar-refractivity contribution in [2.75, 3.05) is 9.80 Å². The highest BCUT2D eigenvalue weighted by molar-refractivity contribution is 6.58. The van der Waals surface area contributed by atoms with Crippen LogP contribution in [0.5, 0.6) is 5.75 Å². The van der Waals surface area contributed by atoms with Crippen molar-refractivity contribution in [2.45, 2.75) is 48.8 Å². The third kappa shape index (κ3) is 4.19. The van der Waals surface area contributed by atoms with Gasteiger partial charge in [-0.3, -0.25) is 24.1 Å². The van der Waals surface area contributed by atoms with Gasteiger partial charge in [-0.2, -0.15) is 0 Å². The van der Waals surface area contributed by atoms with E-state index in [2.05, 4.69) is 0 Å². The van der Waals surface area contributed by atoms with Crippen LogP contribution in [0.25, 0.3) is 0 Å². The number of carbonyl (C=O) groups excluding carboxylic acids is 4. The molecular formula is C35H25Cl2F5N2O5. The van der Waals surface area contributed by atoms with Gasteiger partial charge in [0.2, 0.25) is 17.6 Å². The van der Waals surface area contributed by atoms with Crippen LogP contribution < -0.4 is 9.80 Å². The van der Waals surface area contributed by atoms with Gasteiger partial charge in [0.15, 0.2) is 33.0 Å². The Morgan fingerprint density at radius 2 is 1.43 bits per heavy atom. The van der Waals surface area contributed by atoms with Crippen molar-refractivity contribution in [2.24, 2.45) is 17.8 Å². The van der Waals surface area contributed by atoms with Crippen LogP contribution in [0.2, 0.25) is 0 Å². The van der Waals surface area contributed by atoms with Crippen molar-refractivity contribution < 1.29 is 46.2 Å². The van der Waals surface area contributed by atoms with E-state index in [1.807, 2.05) is 6.92 Å². The highest BCUT2D eigenvalue weighted by Crippen LogP contribution is 2.67. The lowest BCUT2D eigenvalue weighted by atomic mass is 9.56. The number of alkyl halides is 2. The number of rotatable bonds is 4. The smallest absolute Gasteiger partial charge is 0.258 e. The summed E-state index contributed by atoms with van der Waals surface area (Å²) in [6.45, 7) is 3.47. The number of imide groups is 2. The molecular weight excluding hydrogens is 694 g/mol. The molecule has 0 unspecified atom stereocenters. The van der Waals surface area contributed by atoms with Crippen molar-refractivity contribution in [3.63, 3.8) is 0 Å². The molecule has 1 N–H and O–H groups in total. The van der Waals surface area contributed by atoms with Crippen molar-refractivity contribution >= 4 is 58.2 Å². The molecule has 4 aliphatic rings. The Labute approximate surface area is 285 Å². The number of aromatic hydroxyl groups is 1. The fraction of sp³-hybridized carbons (Fsp3) is 0.314.